The first-order valence-corrected chi connectivity index (χ1v) is 9.83. The summed E-state index contributed by atoms with van der Waals surface area (Å²) in [7, 11) is 0. The maximum atomic E-state index is 10.1. The van der Waals surface area contributed by atoms with E-state index in [9.17, 15) is 19.2 Å². The molecule has 0 aliphatic carbocycles. The van der Waals surface area contributed by atoms with E-state index >= 15 is 0 Å². The van der Waals surface area contributed by atoms with Crippen molar-refractivity contribution in [2.75, 3.05) is 26.2 Å². The number of carbonyl (C=O) groups excluding carboxylic acids is 4. The van der Waals surface area contributed by atoms with Gasteiger partial charge in [-0.15, -0.1) is 32.3 Å². The van der Waals surface area contributed by atoms with Crippen LogP contribution in [0.3, 0.4) is 0 Å². The molecule has 3 fully saturated rings. The molecule has 30 heavy (non-hydrogen) atoms. The summed E-state index contributed by atoms with van der Waals surface area (Å²) in [4.78, 5) is 40.3. The van der Waals surface area contributed by atoms with Gasteiger partial charge in [-0.05, 0) is 38.5 Å². The van der Waals surface area contributed by atoms with E-state index in [1.165, 1.54) is 24.8 Å². The zero-order chi connectivity index (χ0) is 20.8. The topological polar surface area (TPSA) is 158 Å². The SMILES string of the molecule is CC1=CC[N-]CC1.CC1CC[N-]CC1.O=C1CCC(=O)[N-]1.O=C1CCC(=O)[N-]1.[Cu].[OH3+]. The summed E-state index contributed by atoms with van der Waals surface area (Å²) >= 11 is 0. The van der Waals surface area contributed by atoms with Crippen molar-refractivity contribution in [2.45, 2.75) is 58.8 Å². The Morgan fingerprint density at radius 1 is 0.733 bits per heavy atom. The molecule has 1 radical (unpaired) electrons. The predicted octanol–water partition coefficient (Wildman–Crippen LogP) is 2.99. The zero-order valence-corrected chi connectivity index (χ0v) is 18.7. The number of piperidine rings is 1. The van der Waals surface area contributed by atoms with E-state index in [2.05, 4.69) is 41.2 Å². The molecule has 4 aliphatic rings. The quantitative estimate of drug-likeness (QED) is 0.229. The minimum absolute atomic E-state index is 0. The molecular formula is C20H33CuN4O5-3. The normalized spacial score (nSPS) is 20.3. The molecule has 0 aromatic carbocycles. The van der Waals surface area contributed by atoms with E-state index in [1.807, 2.05) is 0 Å². The average Bonchev–Trinajstić information content (AvgIpc) is 3.24. The van der Waals surface area contributed by atoms with Gasteiger partial charge < -0.3 is 45.9 Å². The van der Waals surface area contributed by atoms with Crippen molar-refractivity contribution >= 4 is 23.6 Å². The molecule has 3 saturated heterocycles. The maximum absolute atomic E-state index is 10.1. The standard InChI is InChI=1S/C6H12N.C6H10N.2C4H5NO2.Cu.H2O/c2*1-6-2-4-7-5-3-6;2*6-3-1-2-4(7)5-3;;/h6H,2-5H2,1H3;2H,3-5H2,1H3;2*1-2H2,(H,5,6,7);;1H2/q2*-1;;;;/p-1. The Hall–Kier alpha value is -1.58. The summed E-state index contributed by atoms with van der Waals surface area (Å²) in [5.74, 6) is -0.150. The van der Waals surface area contributed by atoms with Crippen LogP contribution in [0.25, 0.3) is 21.3 Å². The van der Waals surface area contributed by atoms with E-state index in [4.69, 9.17) is 0 Å². The van der Waals surface area contributed by atoms with E-state index < -0.39 is 0 Å². The molecule has 0 saturated carbocycles. The number of amides is 4. The fourth-order valence-corrected chi connectivity index (χ4v) is 2.48. The van der Waals surface area contributed by atoms with Gasteiger partial charge in [-0.3, -0.25) is 0 Å². The van der Waals surface area contributed by atoms with Crippen molar-refractivity contribution in [3.63, 3.8) is 0 Å². The molecule has 3 N–H and O–H groups in total. The van der Waals surface area contributed by atoms with Crippen LogP contribution in [0.5, 0.6) is 0 Å². The van der Waals surface area contributed by atoms with Crippen molar-refractivity contribution in [1.82, 2.24) is 0 Å². The van der Waals surface area contributed by atoms with Crippen molar-refractivity contribution in [3.05, 3.63) is 32.9 Å². The van der Waals surface area contributed by atoms with Gasteiger partial charge in [0.1, 0.15) is 0 Å². The molecule has 0 unspecified atom stereocenters. The molecular weight excluding hydrogens is 440 g/mol. The largest absolute Gasteiger partial charge is 0.662 e. The number of rotatable bonds is 0. The van der Waals surface area contributed by atoms with Crippen LogP contribution in [0, 0.1) is 5.92 Å². The number of hydrogen-bond acceptors (Lipinski definition) is 4. The smallest absolute Gasteiger partial charge is 0.0568 e. The van der Waals surface area contributed by atoms with Crippen LogP contribution in [0.4, 0.5) is 0 Å². The van der Waals surface area contributed by atoms with Crippen LogP contribution in [0.1, 0.15) is 58.8 Å². The molecule has 4 heterocycles. The fraction of sp³-hybridized carbons (Fsp3) is 0.700. The van der Waals surface area contributed by atoms with Crippen LogP contribution in [-0.4, -0.2) is 49.8 Å². The van der Waals surface area contributed by atoms with Gasteiger partial charge in [0, 0.05) is 17.1 Å². The molecule has 0 atom stereocenters. The molecule has 9 nitrogen and oxygen atoms in total. The molecule has 4 aliphatic heterocycles. The molecule has 4 amide bonds. The van der Waals surface area contributed by atoms with Gasteiger partial charge >= 0.3 is 0 Å². The number of nitrogens with zero attached hydrogens (tertiary/aromatic N) is 4. The molecule has 0 bridgehead atoms. The Balaban J connectivity index is 0. The second kappa shape index (κ2) is 18.2. The van der Waals surface area contributed by atoms with E-state index in [-0.39, 0.29) is 46.2 Å². The second-order valence-corrected chi connectivity index (χ2v) is 7.08. The molecule has 0 aromatic rings. The minimum Gasteiger partial charge on any atom is -0.662 e. The third-order valence-electron chi connectivity index (χ3n) is 4.40. The van der Waals surface area contributed by atoms with Crippen molar-refractivity contribution in [1.29, 1.82) is 0 Å². The summed E-state index contributed by atoms with van der Waals surface area (Å²) in [6.45, 7) is 8.68. The number of hydrogen-bond donors (Lipinski definition) is 0. The van der Waals surface area contributed by atoms with Gasteiger partial charge in [0.05, 0.1) is 23.6 Å². The van der Waals surface area contributed by atoms with E-state index in [1.54, 1.807) is 0 Å². The van der Waals surface area contributed by atoms with Crippen molar-refractivity contribution < 1.29 is 41.7 Å². The first-order chi connectivity index (χ1) is 13.4. The van der Waals surface area contributed by atoms with Crippen LogP contribution in [0.15, 0.2) is 11.6 Å². The van der Waals surface area contributed by atoms with Crippen LogP contribution < -0.4 is 0 Å². The fourth-order valence-electron chi connectivity index (χ4n) is 2.48. The molecule has 0 spiro atoms. The summed E-state index contributed by atoms with van der Waals surface area (Å²) in [5.41, 5.74) is 1.50. The summed E-state index contributed by atoms with van der Waals surface area (Å²) < 4.78 is 0. The monoisotopic (exact) mass is 472 g/mol. The Labute approximate surface area is 189 Å². The van der Waals surface area contributed by atoms with Gasteiger partial charge in [0.15, 0.2) is 0 Å². The van der Waals surface area contributed by atoms with Crippen LogP contribution in [0.2, 0.25) is 0 Å². The Kier molecular flexibility index (Phi) is 18.6. The van der Waals surface area contributed by atoms with Gasteiger partial charge in [-0.2, -0.15) is 0 Å². The summed E-state index contributed by atoms with van der Waals surface area (Å²) in [6, 6.07) is 0. The Bertz CT molecular complexity index is 520. The third-order valence-corrected chi connectivity index (χ3v) is 4.40. The summed E-state index contributed by atoms with van der Waals surface area (Å²) in [5, 5.41) is 14.6. The van der Waals surface area contributed by atoms with E-state index in [0.717, 1.165) is 32.1 Å². The second-order valence-electron chi connectivity index (χ2n) is 7.08. The minimum atomic E-state index is -0.273. The summed E-state index contributed by atoms with van der Waals surface area (Å²) in [6.07, 6.45) is 7.28. The number of carbonyl (C=O) groups is 4. The van der Waals surface area contributed by atoms with Gasteiger partial charge in [0.25, 0.3) is 0 Å². The Morgan fingerprint density at radius 3 is 1.33 bits per heavy atom. The molecule has 177 valence electrons. The zero-order valence-electron chi connectivity index (χ0n) is 17.7. The number of imide groups is 2. The first-order valence-electron chi connectivity index (χ1n) is 9.83. The van der Waals surface area contributed by atoms with Gasteiger partial charge in [-0.1, -0.05) is 31.8 Å². The van der Waals surface area contributed by atoms with Crippen molar-refractivity contribution in [3.8, 4) is 0 Å². The Morgan fingerprint density at radius 2 is 1.17 bits per heavy atom. The molecule has 10 heteroatoms. The van der Waals surface area contributed by atoms with Gasteiger partial charge in [0.2, 0.25) is 0 Å². The molecule has 0 aromatic heterocycles. The van der Waals surface area contributed by atoms with Crippen LogP contribution in [-0.2, 0) is 41.7 Å². The third kappa shape index (κ3) is 16.2. The molecule has 4 rings (SSSR count). The van der Waals surface area contributed by atoms with Crippen molar-refractivity contribution in [2.24, 2.45) is 5.92 Å². The first kappa shape index (κ1) is 30.6. The maximum Gasteiger partial charge on any atom is 0.0568 e. The van der Waals surface area contributed by atoms with Gasteiger partial charge in [-0.25, -0.2) is 0 Å². The average molecular weight is 473 g/mol. The van der Waals surface area contributed by atoms with Crippen LogP contribution >= 0.6 is 0 Å². The van der Waals surface area contributed by atoms with E-state index in [0.29, 0.717) is 25.7 Å². The predicted molar refractivity (Wildman–Crippen MR) is 113 cm³/mol.